The van der Waals surface area contributed by atoms with E-state index in [2.05, 4.69) is 17.9 Å². The molecule has 0 aliphatic carbocycles. The molecule has 0 bridgehead atoms. The Morgan fingerprint density at radius 3 is 2.65 bits per heavy atom. The second-order valence-electron chi connectivity index (χ2n) is 7.13. The van der Waals surface area contributed by atoms with E-state index in [-0.39, 0.29) is 18.4 Å². The molecule has 2 aromatic carbocycles. The third-order valence-electron chi connectivity index (χ3n) is 5.06. The topological polar surface area (TPSA) is 38.8 Å². The molecule has 1 heterocycles. The summed E-state index contributed by atoms with van der Waals surface area (Å²) >= 11 is 12.6. The molecule has 0 aromatic heterocycles. The average molecular weight is 483 g/mol. The van der Waals surface area contributed by atoms with Gasteiger partial charge < -0.3 is 9.47 Å². The Kier molecular flexibility index (Phi) is 9.92. The first-order chi connectivity index (χ1) is 14.5. The Morgan fingerprint density at radius 1 is 1.16 bits per heavy atom. The Balaban J connectivity index is 0.00000341. The van der Waals surface area contributed by atoms with E-state index >= 15 is 0 Å². The number of carbonyl (C=O) groups excluding carboxylic acids is 1. The highest BCUT2D eigenvalue weighted by molar-refractivity contribution is 6.35. The van der Waals surface area contributed by atoms with Crippen molar-refractivity contribution in [1.82, 2.24) is 4.90 Å². The third-order valence-corrected chi connectivity index (χ3v) is 5.61. The molecule has 0 amide bonds. The zero-order valence-corrected chi connectivity index (χ0v) is 19.9. The van der Waals surface area contributed by atoms with E-state index in [1.54, 1.807) is 12.3 Å². The number of aryl methyl sites for hydroxylation is 1. The summed E-state index contributed by atoms with van der Waals surface area (Å²) in [6, 6.07) is 13.6. The van der Waals surface area contributed by atoms with E-state index < -0.39 is 0 Å². The highest BCUT2D eigenvalue weighted by Crippen LogP contribution is 2.32. The lowest BCUT2D eigenvalue weighted by atomic mass is 9.95. The summed E-state index contributed by atoms with van der Waals surface area (Å²) in [5, 5.41) is 1.16. The van der Waals surface area contributed by atoms with Gasteiger partial charge in [0, 0.05) is 41.4 Å². The van der Waals surface area contributed by atoms with Crippen molar-refractivity contribution in [3.05, 3.63) is 87.1 Å². The van der Waals surface area contributed by atoms with Gasteiger partial charge in [0.25, 0.3) is 0 Å². The number of ether oxygens (including phenoxy) is 2. The van der Waals surface area contributed by atoms with Gasteiger partial charge in [-0.1, -0.05) is 59.6 Å². The number of benzene rings is 2. The van der Waals surface area contributed by atoms with Crippen molar-refractivity contribution >= 4 is 47.2 Å². The molecular weight excluding hydrogens is 457 g/mol. The molecule has 4 nitrogen and oxygen atoms in total. The van der Waals surface area contributed by atoms with Crippen molar-refractivity contribution in [1.29, 1.82) is 0 Å². The lowest BCUT2D eigenvalue weighted by molar-refractivity contribution is -0.136. The average Bonchev–Trinajstić information content (AvgIpc) is 2.75. The Bertz CT molecular complexity index is 972. The highest BCUT2D eigenvalue weighted by atomic mass is 35.5. The summed E-state index contributed by atoms with van der Waals surface area (Å²) in [6.45, 7) is 4.73. The fourth-order valence-corrected chi connectivity index (χ4v) is 3.97. The van der Waals surface area contributed by atoms with Crippen molar-refractivity contribution in [2.45, 2.75) is 13.3 Å². The van der Waals surface area contributed by atoms with Crippen LogP contribution in [0.4, 0.5) is 0 Å². The summed E-state index contributed by atoms with van der Waals surface area (Å²) in [7, 11) is 1.41. The molecule has 0 atom stereocenters. The molecule has 0 fully saturated rings. The monoisotopic (exact) mass is 481 g/mol. The molecular formula is C24H26Cl3NO3. The van der Waals surface area contributed by atoms with E-state index in [1.165, 1.54) is 7.11 Å². The van der Waals surface area contributed by atoms with Crippen LogP contribution in [-0.2, 0) is 14.3 Å². The summed E-state index contributed by atoms with van der Waals surface area (Å²) in [6.07, 6.45) is 4.54. The lowest BCUT2D eigenvalue weighted by Crippen LogP contribution is -2.34. The van der Waals surface area contributed by atoms with Crippen molar-refractivity contribution in [3.8, 4) is 0 Å². The standard InChI is InChI=1S/C24H25Cl2NO3.ClH/c1-17-6-3-4-8-20(17)22(21-10-9-19(25)14-23(21)26)16-30-13-12-27-11-5-7-18(15-27)24(28)29-2;/h3-4,6-10,14,16H,5,11-13,15H2,1-2H3;1H. The highest BCUT2D eigenvalue weighted by Gasteiger charge is 2.18. The van der Waals surface area contributed by atoms with Gasteiger partial charge in [-0.15, -0.1) is 12.4 Å². The minimum absolute atomic E-state index is 0. The van der Waals surface area contributed by atoms with E-state index in [4.69, 9.17) is 32.7 Å². The van der Waals surface area contributed by atoms with Crippen molar-refractivity contribution in [2.75, 3.05) is 33.4 Å². The van der Waals surface area contributed by atoms with Crippen LogP contribution in [0.15, 0.2) is 60.4 Å². The van der Waals surface area contributed by atoms with Crippen molar-refractivity contribution in [2.24, 2.45) is 0 Å². The normalized spacial score (nSPS) is 14.5. The Labute approximate surface area is 199 Å². The first-order valence-corrected chi connectivity index (χ1v) is 10.6. The number of methoxy groups -OCH3 is 1. The van der Waals surface area contributed by atoms with Crippen LogP contribution in [0.2, 0.25) is 10.0 Å². The number of nitrogens with zero attached hydrogens (tertiary/aromatic N) is 1. The van der Waals surface area contributed by atoms with Gasteiger partial charge in [0.15, 0.2) is 0 Å². The SMILES string of the molecule is COC(=O)C1=CCCN(CCOC=C(c2ccccc2C)c2ccc(Cl)cc2Cl)C1.Cl. The van der Waals surface area contributed by atoms with E-state index in [9.17, 15) is 4.79 Å². The molecule has 2 aromatic rings. The van der Waals surface area contributed by atoms with Crippen LogP contribution in [0.3, 0.4) is 0 Å². The molecule has 166 valence electrons. The predicted octanol–water partition coefficient (Wildman–Crippen LogP) is 5.93. The molecule has 31 heavy (non-hydrogen) atoms. The zero-order valence-electron chi connectivity index (χ0n) is 17.6. The maximum Gasteiger partial charge on any atom is 0.334 e. The molecule has 1 aliphatic rings. The predicted molar refractivity (Wildman–Crippen MR) is 129 cm³/mol. The molecule has 0 saturated carbocycles. The van der Waals surface area contributed by atoms with Crippen molar-refractivity contribution in [3.63, 3.8) is 0 Å². The Morgan fingerprint density at radius 2 is 1.94 bits per heavy atom. The summed E-state index contributed by atoms with van der Waals surface area (Å²) < 4.78 is 10.8. The molecule has 1 aliphatic heterocycles. The van der Waals surface area contributed by atoms with Crippen LogP contribution < -0.4 is 0 Å². The fraction of sp³-hybridized carbons (Fsp3) is 0.292. The maximum atomic E-state index is 11.8. The quantitative estimate of drug-likeness (QED) is 0.278. The van der Waals surface area contributed by atoms with Gasteiger partial charge >= 0.3 is 5.97 Å². The van der Waals surface area contributed by atoms with Gasteiger partial charge in [0.1, 0.15) is 6.61 Å². The summed E-state index contributed by atoms with van der Waals surface area (Å²) in [5.41, 5.74) is 4.65. The smallest absolute Gasteiger partial charge is 0.334 e. The van der Waals surface area contributed by atoms with Gasteiger partial charge in [-0.2, -0.15) is 0 Å². The van der Waals surface area contributed by atoms with Crippen LogP contribution in [0.25, 0.3) is 5.57 Å². The number of esters is 1. The van der Waals surface area contributed by atoms with Crippen LogP contribution in [0.1, 0.15) is 23.1 Å². The molecule has 0 N–H and O–H groups in total. The fourth-order valence-electron chi connectivity index (χ4n) is 3.45. The van der Waals surface area contributed by atoms with Gasteiger partial charge in [-0.25, -0.2) is 4.79 Å². The van der Waals surface area contributed by atoms with E-state index in [0.29, 0.717) is 35.3 Å². The first kappa shape index (κ1) is 25.3. The number of carbonyl (C=O) groups is 1. The first-order valence-electron chi connectivity index (χ1n) is 9.82. The van der Waals surface area contributed by atoms with Gasteiger partial charge in [-0.05, 0) is 36.6 Å². The molecule has 3 rings (SSSR count). The van der Waals surface area contributed by atoms with Crippen LogP contribution in [-0.4, -0.2) is 44.2 Å². The number of rotatable bonds is 7. The molecule has 0 radical (unpaired) electrons. The van der Waals surface area contributed by atoms with Crippen LogP contribution in [0.5, 0.6) is 0 Å². The minimum Gasteiger partial charge on any atom is -0.499 e. The molecule has 0 saturated heterocycles. The molecule has 7 heteroatoms. The second-order valence-corrected chi connectivity index (χ2v) is 7.97. The maximum absolute atomic E-state index is 11.8. The summed E-state index contributed by atoms with van der Waals surface area (Å²) in [5.74, 6) is -0.264. The number of hydrogen-bond acceptors (Lipinski definition) is 4. The third kappa shape index (κ3) is 6.75. The Hall–Kier alpha value is -1.98. The van der Waals surface area contributed by atoms with Gasteiger partial charge in [0.2, 0.25) is 0 Å². The number of hydrogen-bond donors (Lipinski definition) is 0. The largest absolute Gasteiger partial charge is 0.499 e. The van der Waals surface area contributed by atoms with Crippen LogP contribution in [0, 0.1) is 6.92 Å². The summed E-state index contributed by atoms with van der Waals surface area (Å²) in [4.78, 5) is 13.9. The van der Waals surface area contributed by atoms with E-state index in [0.717, 1.165) is 35.2 Å². The second kappa shape index (κ2) is 12.2. The van der Waals surface area contributed by atoms with Gasteiger partial charge in [0.05, 0.1) is 18.4 Å². The molecule has 0 spiro atoms. The van der Waals surface area contributed by atoms with Crippen LogP contribution >= 0.6 is 35.6 Å². The number of halogens is 3. The molecule has 0 unspecified atom stereocenters. The lowest BCUT2D eigenvalue weighted by Gasteiger charge is -2.25. The van der Waals surface area contributed by atoms with E-state index in [1.807, 2.05) is 36.4 Å². The minimum atomic E-state index is -0.264. The van der Waals surface area contributed by atoms with Crippen molar-refractivity contribution < 1.29 is 14.3 Å². The zero-order chi connectivity index (χ0) is 21.5. The van der Waals surface area contributed by atoms with Gasteiger partial charge in [-0.3, -0.25) is 4.90 Å².